The maximum Gasteiger partial charge on any atom is 0.186 e. The van der Waals surface area contributed by atoms with Gasteiger partial charge in [-0.05, 0) is 31.1 Å². The van der Waals surface area contributed by atoms with Crippen LogP contribution in [0, 0.1) is 0 Å². The molecule has 0 rings (SSSR count). The molecule has 0 spiro atoms. The van der Waals surface area contributed by atoms with Crippen molar-refractivity contribution in [2.24, 2.45) is 5.11 Å². The Morgan fingerprint density at radius 3 is 2.33 bits per heavy atom. The lowest BCUT2D eigenvalue weighted by Crippen LogP contribution is -2.27. The van der Waals surface area contributed by atoms with Crippen molar-refractivity contribution in [1.29, 1.82) is 0 Å². The monoisotopic (exact) mass is 229 g/mol. The summed E-state index contributed by atoms with van der Waals surface area (Å²) in [6.45, 7) is 5.16. The predicted octanol–water partition coefficient (Wildman–Crippen LogP) is 4.10. The van der Waals surface area contributed by atoms with Crippen molar-refractivity contribution in [1.82, 2.24) is 0 Å². The van der Waals surface area contributed by atoms with Crippen LogP contribution in [0.3, 0.4) is 0 Å². The minimum absolute atomic E-state index is 0.648. The van der Waals surface area contributed by atoms with Gasteiger partial charge in [0.15, 0.2) is 8.32 Å². The van der Waals surface area contributed by atoms with E-state index in [1.54, 1.807) is 0 Å². The fraction of sp³-hybridized carbons (Fsp3) is 1.00. The zero-order valence-corrected chi connectivity index (χ0v) is 11.2. The number of unbranched alkanes of at least 4 members (excludes halogenated alkanes) is 4. The third-order valence-electron chi connectivity index (χ3n) is 2.65. The fourth-order valence-corrected chi connectivity index (χ4v) is 2.72. The van der Waals surface area contributed by atoms with Crippen molar-refractivity contribution in [2.75, 3.05) is 13.7 Å². The summed E-state index contributed by atoms with van der Waals surface area (Å²) in [5.41, 5.74) is 8.07. The Morgan fingerprint density at radius 2 is 1.73 bits per heavy atom. The van der Waals surface area contributed by atoms with E-state index >= 15 is 0 Å². The van der Waals surface area contributed by atoms with E-state index in [0.717, 1.165) is 6.42 Å². The van der Waals surface area contributed by atoms with Gasteiger partial charge in [0, 0.05) is 18.6 Å². The second kappa shape index (κ2) is 8.77. The van der Waals surface area contributed by atoms with Gasteiger partial charge < -0.3 is 4.43 Å². The summed E-state index contributed by atoms with van der Waals surface area (Å²) in [5, 5.41) is 3.51. The van der Waals surface area contributed by atoms with Gasteiger partial charge >= 0.3 is 0 Å². The first kappa shape index (κ1) is 14.5. The van der Waals surface area contributed by atoms with Crippen LogP contribution in [-0.2, 0) is 4.43 Å². The summed E-state index contributed by atoms with van der Waals surface area (Å²) in [6.07, 6.45) is 5.99. The first-order chi connectivity index (χ1) is 7.12. The standard InChI is InChI=1S/C10H23N3OSi/c1-14-15(2,3)10-8-6-4-5-7-9-12-13-11/h4-10H2,1-3H3. The molecule has 0 saturated carbocycles. The summed E-state index contributed by atoms with van der Waals surface area (Å²) < 4.78 is 5.48. The van der Waals surface area contributed by atoms with Crippen molar-refractivity contribution in [3.8, 4) is 0 Å². The molecule has 0 aromatic rings. The van der Waals surface area contributed by atoms with Crippen LogP contribution in [0.4, 0.5) is 0 Å². The first-order valence-electron chi connectivity index (χ1n) is 5.68. The number of hydrogen-bond acceptors (Lipinski definition) is 2. The first-order valence-corrected chi connectivity index (χ1v) is 8.80. The smallest absolute Gasteiger partial charge is 0.186 e. The molecule has 0 fully saturated rings. The van der Waals surface area contributed by atoms with E-state index in [9.17, 15) is 0 Å². The molecule has 15 heavy (non-hydrogen) atoms. The van der Waals surface area contributed by atoms with Gasteiger partial charge in [-0.2, -0.15) is 0 Å². The molecule has 0 radical (unpaired) electrons. The van der Waals surface area contributed by atoms with E-state index < -0.39 is 8.32 Å². The lowest BCUT2D eigenvalue weighted by Gasteiger charge is -2.19. The molecule has 0 aliphatic rings. The second-order valence-corrected chi connectivity index (χ2v) is 8.86. The fourth-order valence-electron chi connectivity index (χ4n) is 1.41. The van der Waals surface area contributed by atoms with Gasteiger partial charge in [0.2, 0.25) is 0 Å². The van der Waals surface area contributed by atoms with E-state index in [4.69, 9.17) is 9.96 Å². The Hall–Kier alpha value is -0.513. The molecule has 0 aromatic heterocycles. The van der Waals surface area contributed by atoms with Crippen molar-refractivity contribution in [3.05, 3.63) is 10.4 Å². The van der Waals surface area contributed by atoms with Crippen LogP contribution < -0.4 is 0 Å². The van der Waals surface area contributed by atoms with E-state index in [0.29, 0.717) is 6.54 Å². The zero-order valence-electron chi connectivity index (χ0n) is 10.2. The molecule has 0 N–H and O–H groups in total. The minimum Gasteiger partial charge on any atom is -0.420 e. The largest absolute Gasteiger partial charge is 0.420 e. The van der Waals surface area contributed by atoms with Gasteiger partial charge in [-0.1, -0.05) is 30.8 Å². The van der Waals surface area contributed by atoms with Crippen molar-refractivity contribution < 1.29 is 4.43 Å². The maximum absolute atomic E-state index is 8.07. The predicted molar refractivity (Wildman–Crippen MR) is 66.4 cm³/mol. The van der Waals surface area contributed by atoms with Crippen LogP contribution in [0.2, 0.25) is 19.1 Å². The summed E-state index contributed by atoms with van der Waals surface area (Å²) in [6, 6.07) is 1.25. The van der Waals surface area contributed by atoms with E-state index in [1.165, 1.54) is 31.7 Å². The molecule has 0 aliphatic carbocycles. The van der Waals surface area contributed by atoms with Crippen molar-refractivity contribution >= 4 is 8.32 Å². The highest BCUT2D eigenvalue weighted by Gasteiger charge is 2.18. The van der Waals surface area contributed by atoms with Gasteiger partial charge in [0.05, 0.1) is 0 Å². The normalized spacial score (nSPS) is 11.1. The zero-order chi connectivity index (χ0) is 11.6. The Balaban J connectivity index is 3.21. The molecule has 0 unspecified atom stereocenters. The molecule has 0 amide bonds. The summed E-state index contributed by atoms with van der Waals surface area (Å²) >= 11 is 0. The van der Waals surface area contributed by atoms with Crippen LogP contribution in [0.25, 0.3) is 10.4 Å². The molecular weight excluding hydrogens is 206 g/mol. The molecule has 0 heterocycles. The Kier molecular flexibility index (Phi) is 8.47. The van der Waals surface area contributed by atoms with E-state index in [-0.39, 0.29) is 0 Å². The topological polar surface area (TPSA) is 58.0 Å². The SMILES string of the molecule is CO[Si](C)(C)CCCCCCCN=[N+]=[N-]. The summed E-state index contributed by atoms with van der Waals surface area (Å²) in [4.78, 5) is 2.73. The van der Waals surface area contributed by atoms with Gasteiger partial charge in [-0.3, -0.25) is 0 Å². The number of rotatable bonds is 9. The number of azide groups is 1. The molecule has 5 heteroatoms. The number of hydrogen-bond donors (Lipinski definition) is 0. The quantitative estimate of drug-likeness (QED) is 0.193. The van der Waals surface area contributed by atoms with Crippen LogP contribution in [0.15, 0.2) is 5.11 Å². The molecule has 0 aliphatic heterocycles. The summed E-state index contributed by atoms with van der Waals surface area (Å²) in [7, 11) is 0.500. The molecule has 0 aromatic carbocycles. The highest BCUT2D eigenvalue weighted by Crippen LogP contribution is 2.15. The van der Waals surface area contributed by atoms with E-state index in [1.807, 2.05) is 7.11 Å². The molecule has 4 nitrogen and oxygen atoms in total. The van der Waals surface area contributed by atoms with Crippen molar-refractivity contribution in [2.45, 2.75) is 51.2 Å². The Bertz CT molecular complexity index is 203. The highest BCUT2D eigenvalue weighted by atomic mass is 28.4. The van der Waals surface area contributed by atoms with Gasteiger partial charge in [-0.25, -0.2) is 0 Å². The van der Waals surface area contributed by atoms with Gasteiger partial charge in [0.1, 0.15) is 0 Å². The molecule has 88 valence electrons. The highest BCUT2D eigenvalue weighted by molar-refractivity contribution is 6.71. The lowest BCUT2D eigenvalue weighted by molar-refractivity contribution is 0.401. The molecule has 0 saturated heterocycles. The Labute approximate surface area is 93.8 Å². The van der Waals surface area contributed by atoms with Crippen molar-refractivity contribution in [3.63, 3.8) is 0 Å². The number of nitrogens with zero attached hydrogens (tertiary/aromatic N) is 3. The Morgan fingerprint density at radius 1 is 1.13 bits per heavy atom. The van der Waals surface area contributed by atoms with Crippen LogP contribution >= 0.6 is 0 Å². The third-order valence-corrected chi connectivity index (χ3v) is 5.32. The van der Waals surface area contributed by atoms with Crippen LogP contribution in [0.1, 0.15) is 32.1 Å². The van der Waals surface area contributed by atoms with E-state index in [2.05, 4.69) is 23.1 Å². The third kappa shape index (κ3) is 9.78. The van der Waals surface area contributed by atoms with Gasteiger partial charge in [0.25, 0.3) is 0 Å². The molecule has 0 atom stereocenters. The second-order valence-electron chi connectivity index (χ2n) is 4.44. The molecule has 0 bridgehead atoms. The molecular formula is C10H23N3OSi. The van der Waals surface area contributed by atoms with Gasteiger partial charge in [-0.15, -0.1) is 0 Å². The van der Waals surface area contributed by atoms with Crippen LogP contribution in [-0.4, -0.2) is 22.0 Å². The van der Waals surface area contributed by atoms with Crippen LogP contribution in [0.5, 0.6) is 0 Å². The maximum atomic E-state index is 8.07. The summed E-state index contributed by atoms with van der Waals surface area (Å²) in [5.74, 6) is 0. The average molecular weight is 229 g/mol. The minimum atomic E-state index is -1.33. The average Bonchev–Trinajstić information content (AvgIpc) is 2.22. The lowest BCUT2D eigenvalue weighted by atomic mass is 10.1.